The van der Waals surface area contributed by atoms with Gasteiger partial charge in [0.25, 0.3) is 10.1 Å². The lowest BCUT2D eigenvalue weighted by molar-refractivity contribution is 0.0463. The Morgan fingerprint density at radius 3 is 1.47 bits per heavy atom. The van der Waals surface area contributed by atoms with Crippen LogP contribution in [0, 0.1) is 0 Å². The molecule has 1 N–H and O–H groups in total. The molecule has 0 amide bonds. The fourth-order valence-corrected chi connectivity index (χ4v) is 3.99. The van der Waals surface area contributed by atoms with E-state index >= 15 is 0 Å². The van der Waals surface area contributed by atoms with Crippen molar-refractivity contribution < 1.29 is 32.0 Å². The highest BCUT2D eigenvalue weighted by Crippen LogP contribution is 2.14. The molecule has 0 aliphatic carbocycles. The first kappa shape index (κ1) is 30.1. The summed E-state index contributed by atoms with van der Waals surface area (Å²) < 4.78 is 40.3. The highest BCUT2D eigenvalue weighted by atomic mass is 32.2. The molecule has 0 saturated carbocycles. The normalized spacial score (nSPS) is 11.4. The smallest absolute Gasteiger partial charge is 0.339 e. The van der Waals surface area contributed by atoms with Crippen LogP contribution in [-0.2, 0) is 19.6 Å². The quantitative estimate of drug-likeness (QED) is 0.126. The van der Waals surface area contributed by atoms with Gasteiger partial charge < -0.3 is 9.47 Å². The Morgan fingerprint density at radius 1 is 0.676 bits per heavy atom. The molecule has 0 bridgehead atoms. The van der Waals surface area contributed by atoms with Crippen LogP contribution in [0.5, 0.6) is 0 Å². The molecule has 8 heteroatoms. The topological polar surface area (TPSA) is 107 Å². The van der Waals surface area contributed by atoms with E-state index in [0.717, 1.165) is 19.3 Å². The number of rotatable bonds is 20. The monoisotopic (exact) mass is 498 g/mol. The molecule has 0 aromatic heterocycles. The first-order valence-corrected chi connectivity index (χ1v) is 14.3. The van der Waals surface area contributed by atoms with Crippen LogP contribution in [0.3, 0.4) is 0 Å². The van der Waals surface area contributed by atoms with Gasteiger partial charge in [-0.2, -0.15) is 8.42 Å². The van der Waals surface area contributed by atoms with Crippen LogP contribution in [0.1, 0.15) is 118 Å². The molecular formula is C26H42O7S. The van der Waals surface area contributed by atoms with Crippen LogP contribution >= 0.6 is 0 Å². The van der Waals surface area contributed by atoms with Gasteiger partial charge in [-0.1, -0.05) is 103 Å². The lowest BCUT2D eigenvalue weighted by atomic mass is 10.0. The van der Waals surface area contributed by atoms with E-state index in [4.69, 9.17) is 14.0 Å². The van der Waals surface area contributed by atoms with Crippen LogP contribution < -0.4 is 0 Å². The zero-order valence-corrected chi connectivity index (χ0v) is 21.5. The SMILES string of the molecule is CCCCCCCCCCCCCCCCOC(=O)c1ccccc1C(=O)OCCS(=O)(=O)O. The number of carbonyl (C=O) groups excluding carboxylic acids is 2. The highest BCUT2D eigenvalue weighted by Gasteiger charge is 2.19. The number of benzene rings is 1. The Bertz CT molecular complexity index is 805. The van der Waals surface area contributed by atoms with E-state index in [1.165, 1.54) is 82.8 Å². The fourth-order valence-electron chi connectivity index (χ4n) is 3.70. The molecule has 0 aliphatic rings. The Morgan fingerprint density at radius 2 is 1.06 bits per heavy atom. The van der Waals surface area contributed by atoms with E-state index in [2.05, 4.69) is 6.92 Å². The van der Waals surface area contributed by atoms with Crippen molar-refractivity contribution in [3.05, 3.63) is 35.4 Å². The zero-order valence-electron chi connectivity index (χ0n) is 20.6. The van der Waals surface area contributed by atoms with E-state index in [9.17, 15) is 18.0 Å². The first-order valence-electron chi connectivity index (χ1n) is 12.7. The third-order valence-electron chi connectivity index (χ3n) is 5.67. The van der Waals surface area contributed by atoms with Gasteiger partial charge in [-0.25, -0.2) is 9.59 Å². The summed E-state index contributed by atoms with van der Waals surface area (Å²) in [6.07, 6.45) is 17.4. The van der Waals surface area contributed by atoms with Gasteiger partial charge in [-0.15, -0.1) is 0 Å². The standard InChI is InChI=1S/C26H42O7S/c1-2-3-4-5-6-7-8-9-10-11-12-13-14-17-20-32-25(27)23-18-15-16-19-24(23)26(28)33-21-22-34(29,30)31/h15-16,18-19H,2-14,17,20-22H2,1H3,(H,29,30,31). The van der Waals surface area contributed by atoms with Gasteiger partial charge in [0.2, 0.25) is 0 Å². The second-order valence-corrected chi connectivity index (χ2v) is 10.3. The number of unbranched alkanes of at least 4 members (excludes halogenated alkanes) is 13. The lowest BCUT2D eigenvalue weighted by Gasteiger charge is -2.09. The van der Waals surface area contributed by atoms with Crippen LogP contribution in [0.4, 0.5) is 0 Å². The summed E-state index contributed by atoms with van der Waals surface area (Å²) >= 11 is 0. The molecule has 194 valence electrons. The Balaban J connectivity index is 2.14. The van der Waals surface area contributed by atoms with E-state index in [-0.39, 0.29) is 17.7 Å². The number of carbonyl (C=O) groups is 2. The average molecular weight is 499 g/mol. The number of esters is 2. The van der Waals surface area contributed by atoms with Crippen molar-refractivity contribution in [1.29, 1.82) is 0 Å². The summed E-state index contributed by atoms with van der Waals surface area (Å²) in [4.78, 5) is 24.5. The molecule has 0 atom stereocenters. The van der Waals surface area contributed by atoms with E-state index < -0.39 is 34.4 Å². The third-order valence-corrected chi connectivity index (χ3v) is 6.35. The molecule has 34 heavy (non-hydrogen) atoms. The van der Waals surface area contributed by atoms with Crippen molar-refractivity contribution in [2.45, 2.75) is 96.8 Å². The van der Waals surface area contributed by atoms with Gasteiger partial charge in [0.15, 0.2) is 0 Å². The predicted molar refractivity (Wildman–Crippen MR) is 134 cm³/mol. The van der Waals surface area contributed by atoms with Gasteiger partial charge in [0.1, 0.15) is 12.4 Å². The molecule has 1 rings (SSSR count). The zero-order chi connectivity index (χ0) is 25.1. The van der Waals surface area contributed by atoms with Gasteiger partial charge in [0.05, 0.1) is 17.7 Å². The summed E-state index contributed by atoms with van der Waals surface area (Å²) in [5, 5.41) is 0. The second-order valence-electron chi connectivity index (χ2n) is 8.70. The molecule has 7 nitrogen and oxygen atoms in total. The van der Waals surface area contributed by atoms with Crippen molar-refractivity contribution in [2.75, 3.05) is 19.0 Å². The van der Waals surface area contributed by atoms with Crippen LogP contribution in [-0.4, -0.2) is 43.9 Å². The van der Waals surface area contributed by atoms with Gasteiger partial charge in [-0.05, 0) is 18.6 Å². The summed E-state index contributed by atoms with van der Waals surface area (Å²) in [5.74, 6) is -2.16. The Labute approximate surface area is 205 Å². The summed E-state index contributed by atoms with van der Waals surface area (Å²) in [6.45, 7) is 2.03. The number of hydrogen-bond donors (Lipinski definition) is 1. The Hall–Kier alpha value is -1.93. The molecule has 0 fully saturated rings. The van der Waals surface area contributed by atoms with Crippen molar-refractivity contribution in [3.63, 3.8) is 0 Å². The molecule has 0 saturated heterocycles. The minimum Gasteiger partial charge on any atom is -0.462 e. The predicted octanol–water partition coefficient (Wildman–Crippen LogP) is 6.37. The van der Waals surface area contributed by atoms with E-state index in [1.807, 2.05) is 0 Å². The summed E-state index contributed by atoms with van der Waals surface area (Å²) in [6, 6.07) is 6.06. The molecule has 1 aromatic carbocycles. The minimum atomic E-state index is -4.23. The molecule has 0 heterocycles. The van der Waals surface area contributed by atoms with Crippen LogP contribution in [0.25, 0.3) is 0 Å². The van der Waals surface area contributed by atoms with Crippen molar-refractivity contribution in [1.82, 2.24) is 0 Å². The molecule has 0 unspecified atom stereocenters. The van der Waals surface area contributed by atoms with Crippen LogP contribution in [0.2, 0.25) is 0 Å². The minimum absolute atomic E-state index is 0.00352. The molecule has 0 spiro atoms. The van der Waals surface area contributed by atoms with Gasteiger partial charge >= 0.3 is 11.9 Å². The maximum Gasteiger partial charge on any atom is 0.339 e. The largest absolute Gasteiger partial charge is 0.462 e. The maximum absolute atomic E-state index is 12.4. The molecular weight excluding hydrogens is 456 g/mol. The third kappa shape index (κ3) is 15.1. The molecule has 0 radical (unpaired) electrons. The molecule has 1 aromatic rings. The highest BCUT2D eigenvalue weighted by molar-refractivity contribution is 7.85. The molecule has 0 aliphatic heterocycles. The second kappa shape index (κ2) is 18.4. The number of ether oxygens (including phenoxy) is 2. The van der Waals surface area contributed by atoms with Crippen molar-refractivity contribution in [3.8, 4) is 0 Å². The van der Waals surface area contributed by atoms with Crippen LogP contribution in [0.15, 0.2) is 24.3 Å². The first-order chi connectivity index (χ1) is 16.3. The summed E-state index contributed by atoms with van der Waals surface area (Å²) in [7, 11) is -4.23. The fraction of sp³-hybridized carbons (Fsp3) is 0.692. The number of hydrogen-bond acceptors (Lipinski definition) is 6. The van der Waals surface area contributed by atoms with E-state index in [1.54, 1.807) is 12.1 Å². The average Bonchev–Trinajstić information content (AvgIpc) is 2.80. The van der Waals surface area contributed by atoms with Crippen molar-refractivity contribution in [2.24, 2.45) is 0 Å². The Kier molecular flexibility index (Phi) is 16.3. The maximum atomic E-state index is 12.4. The van der Waals surface area contributed by atoms with E-state index in [0.29, 0.717) is 0 Å². The summed E-state index contributed by atoms with van der Waals surface area (Å²) in [5.41, 5.74) is 0.0773. The lowest BCUT2D eigenvalue weighted by Crippen LogP contribution is -2.18. The van der Waals surface area contributed by atoms with Gasteiger partial charge in [0, 0.05) is 0 Å². The van der Waals surface area contributed by atoms with Crippen molar-refractivity contribution >= 4 is 22.1 Å². The van der Waals surface area contributed by atoms with Gasteiger partial charge in [-0.3, -0.25) is 4.55 Å².